The molecule has 0 atom stereocenters. The monoisotopic (exact) mass is 194 g/mol. The van der Waals surface area contributed by atoms with Crippen LogP contribution in [0, 0.1) is 0 Å². The summed E-state index contributed by atoms with van der Waals surface area (Å²) in [4.78, 5) is 2.06. The molecule has 0 aliphatic rings. The van der Waals surface area contributed by atoms with Crippen LogP contribution in [0.5, 0.6) is 0 Å². The second-order valence-electron chi connectivity index (χ2n) is 3.42. The van der Waals surface area contributed by atoms with E-state index in [-0.39, 0.29) is 0 Å². The summed E-state index contributed by atoms with van der Waals surface area (Å²) in [6.45, 7) is 3.33. The third kappa shape index (κ3) is 2.64. The van der Waals surface area contributed by atoms with Gasteiger partial charge in [-0.25, -0.2) is 0 Å². The van der Waals surface area contributed by atoms with Crippen molar-refractivity contribution in [3.63, 3.8) is 0 Å². The van der Waals surface area contributed by atoms with Gasteiger partial charge in [0.25, 0.3) is 0 Å². The Kier molecular flexibility index (Phi) is 3.77. The molecular weight excluding hydrogens is 176 g/mol. The Labute approximate surface area is 85.5 Å². The van der Waals surface area contributed by atoms with Gasteiger partial charge in [0.05, 0.1) is 6.61 Å². The van der Waals surface area contributed by atoms with Crippen molar-refractivity contribution in [3.8, 4) is 0 Å². The maximum absolute atomic E-state index is 5.73. The van der Waals surface area contributed by atoms with Gasteiger partial charge in [-0.3, -0.25) is 0 Å². The van der Waals surface area contributed by atoms with E-state index in [0.717, 1.165) is 23.5 Å². The van der Waals surface area contributed by atoms with E-state index in [2.05, 4.69) is 4.90 Å². The van der Waals surface area contributed by atoms with Crippen LogP contribution in [0.2, 0.25) is 0 Å². The summed E-state index contributed by atoms with van der Waals surface area (Å²) in [5, 5.41) is 0. The van der Waals surface area contributed by atoms with E-state index in [1.165, 1.54) is 0 Å². The first kappa shape index (κ1) is 10.9. The molecule has 78 valence electrons. The molecule has 1 aromatic carbocycles. The molecule has 2 N–H and O–H groups in total. The van der Waals surface area contributed by atoms with Gasteiger partial charge in [0.15, 0.2) is 0 Å². The van der Waals surface area contributed by atoms with Crippen molar-refractivity contribution in [1.82, 2.24) is 0 Å². The van der Waals surface area contributed by atoms with Crippen LogP contribution in [0.25, 0.3) is 0 Å². The minimum absolute atomic E-state index is 0.620. The van der Waals surface area contributed by atoms with Gasteiger partial charge in [-0.15, -0.1) is 0 Å². The Morgan fingerprint density at radius 2 is 2.07 bits per heavy atom. The lowest BCUT2D eigenvalue weighted by Crippen LogP contribution is -2.12. The smallest absolute Gasteiger partial charge is 0.0737 e. The highest BCUT2D eigenvalue weighted by Gasteiger charge is 2.04. The molecular formula is C11H18N2O. The van der Waals surface area contributed by atoms with Gasteiger partial charge in [-0.05, 0) is 25.1 Å². The van der Waals surface area contributed by atoms with E-state index in [1.807, 2.05) is 39.2 Å². The van der Waals surface area contributed by atoms with Gasteiger partial charge in [0.1, 0.15) is 0 Å². The molecule has 0 unspecified atom stereocenters. The number of nitrogen functional groups attached to an aromatic ring is 1. The van der Waals surface area contributed by atoms with Crippen LogP contribution in [0.4, 0.5) is 11.4 Å². The number of nitrogens with two attached hydrogens (primary N) is 1. The lowest BCUT2D eigenvalue weighted by molar-refractivity contribution is 0.134. The lowest BCUT2D eigenvalue weighted by Gasteiger charge is -2.17. The first-order valence-electron chi connectivity index (χ1n) is 4.78. The summed E-state index contributed by atoms with van der Waals surface area (Å²) in [6, 6.07) is 5.89. The molecule has 0 aliphatic heterocycles. The summed E-state index contributed by atoms with van der Waals surface area (Å²) < 4.78 is 5.38. The summed E-state index contributed by atoms with van der Waals surface area (Å²) >= 11 is 0. The van der Waals surface area contributed by atoms with E-state index < -0.39 is 0 Å². The van der Waals surface area contributed by atoms with Crippen molar-refractivity contribution in [2.75, 3.05) is 31.3 Å². The molecule has 0 aromatic heterocycles. The molecule has 3 heteroatoms. The van der Waals surface area contributed by atoms with E-state index >= 15 is 0 Å². The van der Waals surface area contributed by atoms with Crippen LogP contribution in [0.3, 0.4) is 0 Å². The molecule has 1 aromatic rings. The third-order valence-corrected chi connectivity index (χ3v) is 2.05. The number of rotatable bonds is 4. The fourth-order valence-corrected chi connectivity index (χ4v) is 1.37. The lowest BCUT2D eigenvalue weighted by atomic mass is 10.1. The molecule has 0 heterocycles. The number of nitrogens with zero attached hydrogens (tertiary/aromatic N) is 1. The van der Waals surface area contributed by atoms with E-state index in [9.17, 15) is 0 Å². The SMILES string of the molecule is CCOCc1cc(N)ccc1N(C)C. The number of benzene rings is 1. The summed E-state index contributed by atoms with van der Waals surface area (Å²) in [5.74, 6) is 0. The van der Waals surface area contributed by atoms with Crippen molar-refractivity contribution >= 4 is 11.4 Å². The van der Waals surface area contributed by atoms with Crippen molar-refractivity contribution in [2.24, 2.45) is 0 Å². The molecule has 0 amide bonds. The standard InChI is InChI=1S/C11H18N2O/c1-4-14-8-9-7-10(12)5-6-11(9)13(2)3/h5-7H,4,8,12H2,1-3H3. The highest BCUT2D eigenvalue weighted by atomic mass is 16.5. The van der Waals surface area contributed by atoms with Gasteiger partial charge < -0.3 is 15.4 Å². The Morgan fingerprint density at radius 3 is 2.64 bits per heavy atom. The number of anilines is 2. The molecule has 0 spiro atoms. The summed E-state index contributed by atoms with van der Waals surface area (Å²) in [5.41, 5.74) is 8.80. The summed E-state index contributed by atoms with van der Waals surface area (Å²) in [7, 11) is 4.03. The number of hydrogen-bond donors (Lipinski definition) is 1. The Balaban J connectivity index is 2.91. The zero-order valence-electron chi connectivity index (χ0n) is 9.08. The minimum Gasteiger partial charge on any atom is -0.399 e. The maximum Gasteiger partial charge on any atom is 0.0737 e. The molecule has 0 saturated heterocycles. The molecule has 14 heavy (non-hydrogen) atoms. The van der Waals surface area contributed by atoms with Crippen LogP contribution >= 0.6 is 0 Å². The molecule has 1 rings (SSSR count). The normalized spacial score (nSPS) is 10.2. The molecule has 0 saturated carbocycles. The molecule has 0 bridgehead atoms. The fraction of sp³-hybridized carbons (Fsp3) is 0.455. The van der Waals surface area contributed by atoms with Gasteiger partial charge in [0, 0.05) is 37.6 Å². The van der Waals surface area contributed by atoms with E-state index in [0.29, 0.717) is 6.61 Å². The predicted octanol–water partition coefficient (Wildman–Crippen LogP) is 1.87. The first-order valence-corrected chi connectivity index (χ1v) is 4.78. The van der Waals surface area contributed by atoms with Gasteiger partial charge in [0.2, 0.25) is 0 Å². The van der Waals surface area contributed by atoms with Gasteiger partial charge in [-0.1, -0.05) is 0 Å². The zero-order chi connectivity index (χ0) is 10.6. The molecule has 3 nitrogen and oxygen atoms in total. The predicted molar refractivity (Wildman–Crippen MR) is 60.5 cm³/mol. The highest BCUT2D eigenvalue weighted by Crippen LogP contribution is 2.21. The van der Waals surface area contributed by atoms with Crippen molar-refractivity contribution in [2.45, 2.75) is 13.5 Å². The Hall–Kier alpha value is -1.22. The van der Waals surface area contributed by atoms with E-state index in [1.54, 1.807) is 0 Å². The van der Waals surface area contributed by atoms with Crippen LogP contribution in [0.1, 0.15) is 12.5 Å². The van der Waals surface area contributed by atoms with Crippen molar-refractivity contribution in [3.05, 3.63) is 23.8 Å². The second kappa shape index (κ2) is 4.86. The van der Waals surface area contributed by atoms with Gasteiger partial charge >= 0.3 is 0 Å². The van der Waals surface area contributed by atoms with Crippen molar-refractivity contribution < 1.29 is 4.74 Å². The third-order valence-electron chi connectivity index (χ3n) is 2.05. The Bertz CT molecular complexity index is 297. The summed E-state index contributed by atoms with van der Waals surface area (Å²) in [6.07, 6.45) is 0. The Morgan fingerprint density at radius 1 is 1.36 bits per heavy atom. The molecule has 0 aliphatic carbocycles. The van der Waals surface area contributed by atoms with Crippen LogP contribution in [-0.4, -0.2) is 20.7 Å². The number of hydrogen-bond acceptors (Lipinski definition) is 3. The zero-order valence-corrected chi connectivity index (χ0v) is 9.08. The first-order chi connectivity index (χ1) is 6.65. The topological polar surface area (TPSA) is 38.5 Å². The molecule has 0 fully saturated rings. The number of ether oxygens (including phenoxy) is 1. The average Bonchev–Trinajstić information content (AvgIpc) is 2.14. The highest BCUT2D eigenvalue weighted by molar-refractivity contribution is 5.58. The molecule has 0 radical (unpaired) electrons. The van der Waals surface area contributed by atoms with Crippen LogP contribution in [0.15, 0.2) is 18.2 Å². The quantitative estimate of drug-likeness (QED) is 0.744. The fourth-order valence-electron chi connectivity index (χ4n) is 1.37. The van der Waals surface area contributed by atoms with Crippen LogP contribution in [-0.2, 0) is 11.3 Å². The maximum atomic E-state index is 5.73. The minimum atomic E-state index is 0.620. The van der Waals surface area contributed by atoms with Crippen LogP contribution < -0.4 is 10.6 Å². The average molecular weight is 194 g/mol. The van der Waals surface area contributed by atoms with E-state index in [4.69, 9.17) is 10.5 Å². The second-order valence-corrected chi connectivity index (χ2v) is 3.42. The van der Waals surface area contributed by atoms with Crippen molar-refractivity contribution in [1.29, 1.82) is 0 Å². The van der Waals surface area contributed by atoms with Gasteiger partial charge in [-0.2, -0.15) is 0 Å². The largest absolute Gasteiger partial charge is 0.399 e.